The van der Waals surface area contributed by atoms with Crippen molar-refractivity contribution in [3.05, 3.63) is 53.7 Å². The lowest BCUT2D eigenvalue weighted by Gasteiger charge is -2.10. The molecule has 0 saturated carbocycles. The number of hydrogen-bond donors (Lipinski definition) is 2. The SMILES string of the molecule is CC1Oc2c(C(=O)Nc3cccc4cn[nH]c34)cccc2C1C. The summed E-state index contributed by atoms with van der Waals surface area (Å²) in [5.74, 6) is 0.806. The number of amides is 1. The summed E-state index contributed by atoms with van der Waals surface area (Å²) in [6.45, 7) is 4.14. The number of hydrogen-bond acceptors (Lipinski definition) is 3. The Labute approximate surface area is 133 Å². The van der Waals surface area contributed by atoms with Crippen molar-refractivity contribution in [2.24, 2.45) is 0 Å². The van der Waals surface area contributed by atoms with Crippen molar-refractivity contribution in [2.45, 2.75) is 25.9 Å². The van der Waals surface area contributed by atoms with Gasteiger partial charge in [0.1, 0.15) is 11.9 Å². The van der Waals surface area contributed by atoms with E-state index in [2.05, 4.69) is 22.4 Å². The van der Waals surface area contributed by atoms with Gasteiger partial charge in [-0.2, -0.15) is 5.10 Å². The summed E-state index contributed by atoms with van der Waals surface area (Å²) in [7, 11) is 0. The fourth-order valence-electron chi connectivity index (χ4n) is 3.03. The zero-order chi connectivity index (χ0) is 16.0. The van der Waals surface area contributed by atoms with Gasteiger partial charge in [-0.15, -0.1) is 0 Å². The van der Waals surface area contributed by atoms with E-state index < -0.39 is 0 Å². The van der Waals surface area contributed by atoms with Gasteiger partial charge >= 0.3 is 0 Å². The number of ether oxygens (including phenoxy) is 1. The number of aromatic nitrogens is 2. The Morgan fingerprint density at radius 2 is 2.04 bits per heavy atom. The number of H-pyrrole nitrogens is 1. The van der Waals surface area contributed by atoms with Gasteiger partial charge in [-0.25, -0.2) is 0 Å². The number of benzene rings is 2. The Morgan fingerprint density at radius 1 is 1.22 bits per heavy atom. The molecule has 5 nitrogen and oxygen atoms in total. The van der Waals surface area contributed by atoms with Gasteiger partial charge in [0.05, 0.1) is 23.0 Å². The van der Waals surface area contributed by atoms with Gasteiger partial charge in [0, 0.05) is 16.9 Å². The molecule has 2 aromatic carbocycles. The van der Waals surface area contributed by atoms with Crippen molar-refractivity contribution in [2.75, 3.05) is 5.32 Å². The molecule has 2 N–H and O–H groups in total. The van der Waals surface area contributed by atoms with Crippen LogP contribution in [0.1, 0.15) is 35.7 Å². The summed E-state index contributed by atoms with van der Waals surface area (Å²) >= 11 is 0. The van der Waals surface area contributed by atoms with Gasteiger partial charge in [0.25, 0.3) is 5.91 Å². The lowest BCUT2D eigenvalue weighted by atomic mass is 9.97. The summed E-state index contributed by atoms with van der Waals surface area (Å²) in [5, 5.41) is 10.8. The summed E-state index contributed by atoms with van der Waals surface area (Å²) in [5.41, 5.74) is 3.18. The molecule has 1 amide bonds. The zero-order valence-electron chi connectivity index (χ0n) is 13.0. The Kier molecular flexibility index (Phi) is 3.08. The number of aromatic amines is 1. The maximum Gasteiger partial charge on any atom is 0.259 e. The molecule has 2 atom stereocenters. The van der Waals surface area contributed by atoms with Gasteiger partial charge < -0.3 is 10.1 Å². The Balaban J connectivity index is 1.70. The van der Waals surface area contributed by atoms with Gasteiger partial charge in [0.2, 0.25) is 0 Å². The third-order valence-electron chi connectivity index (χ3n) is 4.51. The number of carbonyl (C=O) groups is 1. The third kappa shape index (κ3) is 2.16. The van der Waals surface area contributed by atoms with Crippen LogP contribution >= 0.6 is 0 Å². The number of fused-ring (bicyclic) bond motifs is 2. The lowest BCUT2D eigenvalue weighted by Crippen LogP contribution is -2.14. The molecule has 4 rings (SSSR count). The van der Waals surface area contributed by atoms with E-state index in [1.165, 1.54) is 0 Å². The number of rotatable bonds is 2. The zero-order valence-corrected chi connectivity index (χ0v) is 13.0. The Bertz CT molecular complexity index is 900. The minimum Gasteiger partial charge on any atom is -0.489 e. The molecule has 116 valence electrons. The molecule has 1 aliphatic heterocycles. The van der Waals surface area contributed by atoms with Crippen LogP contribution in [0.2, 0.25) is 0 Å². The summed E-state index contributed by atoms with van der Waals surface area (Å²) < 4.78 is 5.90. The van der Waals surface area contributed by atoms with Crippen LogP contribution in [-0.4, -0.2) is 22.2 Å². The number of carbonyl (C=O) groups excluding carboxylic acids is 1. The van der Waals surface area contributed by atoms with E-state index in [4.69, 9.17) is 4.74 Å². The van der Waals surface area contributed by atoms with E-state index in [0.717, 1.165) is 16.5 Å². The van der Waals surface area contributed by atoms with Crippen molar-refractivity contribution in [3.63, 3.8) is 0 Å². The predicted octanol–water partition coefficient (Wildman–Crippen LogP) is 3.70. The second kappa shape index (κ2) is 5.12. The van der Waals surface area contributed by atoms with Gasteiger partial charge in [-0.1, -0.05) is 31.2 Å². The predicted molar refractivity (Wildman–Crippen MR) is 89.0 cm³/mol. The van der Waals surface area contributed by atoms with Crippen LogP contribution in [0.4, 0.5) is 5.69 Å². The molecule has 2 unspecified atom stereocenters. The standard InChI is InChI=1S/C18H17N3O2/c1-10-11(2)23-17-13(10)6-4-7-14(17)18(22)20-15-8-3-5-12-9-19-21-16(12)15/h3-11H,1-2H3,(H,19,21)(H,20,22). The highest BCUT2D eigenvalue weighted by atomic mass is 16.5. The molecule has 0 bridgehead atoms. The van der Waals surface area contributed by atoms with E-state index in [1.54, 1.807) is 12.3 Å². The van der Waals surface area contributed by atoms with Crippen molar-refractivity contribution in [1.82, 2.24) is 10.2 Å². The van der Waals surface area contributed by atoms with Crippen LogP contribution in [0.15, 0.2) is 42.6 Å². The molecule has 1 aromatic heterocycles. The van der Waals surface area contributed by atoms with Crippen LogP contribution in [0, 0.1) is 0 Å². The largest absolute Gasteiger partial charge is 0.489 e. The van der Waals surface area contributed by atoms with Gasteiger partial charge in [-0.3, -0.25) is 9.89 Å². The first-order chi connectivity index (χ1) is 11.1. The molecule has 0 fully saturated rings. The van der Waals surface area contributed by atoms with E-state index in [-0.39, 0.29) is 17.9 Å². The van der Waals surface area contributed by atoms with Crippen LogP contribution in [-0.2, 0) is 0 Å². The molecule has 3 aromatic rings. The first-order valence-electron chi connectivity index (χ1n) is 7.68. The molecular weight excluding hydrogens is 290 g/mol. The molecule has 23 heavy (non-hydrogen) atoms. The fraction of sp³-hybridized carbons (Fsp3) is 0.222. The molecule has 2 heterocycles. The average Bonchev–Trinajstić information content (AvgIpc) is 3.13. The smallest absolute Gasteiger partial charge is 0.259 e. The maximum absolute atomic E-state index is 12.7. The maximum atomic E-state index is 12.7. The third-order valence-corrected chi connectivity index (χ3v) is 4.51. The van der Waals surface area contributed by atoms with E-state index in [9.17, 15) is 4.79 Å². The van der Waals surface area contributed by atoms with Crippen LogP contribution in [0.25, 0.3) is 10.9 Å². The topological polar surface area (TPSA) is 67.0 Å². The Morgan fingerprint density at radius 3 is 2.91 bits per heavy atom. The highest BCUT2D eigenvalue weighted by Crippen LogP contribution is 2.40. The summed E-state index contributed by atoms with van der Waals surface area (Å²) in [6, 6.07) is 11.4. The molecule has 1 aliphatic rings. The Hall–Kier alpha value is -2.82. The summed E-state index contributed by atoms with van der Waals surface area (Å²) in [4.78, 5) is 12.7. The van der Waals surface area contributed by atoms with Gasteiger partial charge in [-0.05, 0) is 19.1 Å². The summed E-state index contributed by atoms with van der Waals surface area (Å²) in [6.07, 6.45) is 1.81. The monoisotopic (exact) mass is 307 g/mol. The highest BCUT2D eigenvalue weighted by molar-refractivity contribution is 6.10. The van der Waals surface area contributed by atoms with E-state index in [1.807, 2.05) is 37.3 Å². The molecule has 0 spiro atoms. The lowest BCUT2D eigenvalue weighted by molar-refractivity contribution is 0.102. The molecule has 5 heteroatoms. The second-order valence-electron chi connectivity index (χ2n) is 5.93. The second-order valence-corrected chi connectivity index (χ2v) is 5.93. The molecule has 0 aliphatic carbocycles. The molecular formula is C18H17N3O2. The average molecular weight is 307 g/mol. The van der Waals surface area contributed by atoms with Crippen molar-refractivity contribution < 1.29 is 9.53 Å². The van der Waals surface area contributed by atoms with Crippen LogP contribution in [0.3, 0.4) is 0 Å². The van der Waals surface area contributed by atoms with Crippen molar-refractivity contribution >= 4 is 22.5 Å². The first-order valence-corrected chi connectivity index (χ1v) is 7.68. The first kappa shape index (κ1) is 13.8. The van der Waals surface area contributed by atoms with Gasteiger partial charge in [0.15, 0.2) is 0 Å². The number of para-hydroxylation sites is 2. The minimum atomic E-state index is -0.176. The normalized spacial score (nSPS) is 19.4. The molecule has 0 radical (unpaired) electrons. The number of nitrogens with zero attached hydrogens (tertiary/aromatic N) is 1. The minimum absolute atomic E-state index is 0.0787. The van der Waals surface area contributed by atoms with Crippen LogP contribution < -0.4 is 10.1 Å². The number of nitrogens with one attached hydrogen (secondary N) is 2. The van der Waals surface area contributed by atoms with Crippen LogP contribution in [0.5, 0.6) is 5.75 Å². The van der Waals surface area contributed by atoms with Crippen molar-refractivity contribution in [1.29, 1.82) is 0 Å². The highest BCUT2D eigenvalue weighted by Gasteiger charge is 2.31. The van der Waals surface area contributed by atoms with Crippen molar-refractivity contribution in [3.8, 4) is 5.75 Å². The van der Waals surface area contributed by atoms with E-state index in [0.29, 0.717) is 17.0 Å². The van der Waals surface area contributed by atoms with E-state index >= 15 is 0 Å². The number of anilines is 1. The molecule has 0 saturated heterocycles. The quantitative estimate of drug-likeness (QED) is 0.758. The fourth-order valence-corrected chi connectivity index (χ4v) is 3.03.